The molecule has 1 rings (SSSR count). The maximum atomic E-state index is 13.5. The molecule has 0 fully saturated rings. The monoisotopic (exact) mass is 219 g/mol. The molecule has 14 heavy (non-hydrogen) atoms. The number of benzene rings is 1. The Morgan fingerprint density at radius 3 is 2.57 bits per heavy atom. The lowest BCUT2D eigenvalue weighted by atomic mass is 10.1. The van der Waals surface area contributed by atoms with E-state index in [0.29, 0.717) is 6.54 Å². The van der Waals surface area contributed by atoms with E-state index < -0.39 is 5.92 Å². The Bertz CT molecular complexity index is 302. The van der Waals surface area contributed by atoms with Crippen molar-refractivity contribution in [3.63, 3.8) is 0 Å². The van der Waals surface area contributed by atoms with Crippen LogP contribution in [0.25, 0.3) is 0 Å². The number of likely N-dealkylation sites (N-methyl/N-ethyl adjacent to an activating group) is 1. The van der Waals surface area contributed by atoms with Gasteiger partial charge in [0.15, 0.2) is 0 Å². The number of rotatable bonds is 4. The van der Waals surface area contributed by atoms with Gasteiger partial charge in [-0.1, -0.05) is 36.7 Å². The molecule has 4 heteroatoms. The van der Waals surface area contributed by atoms with E-state index in [1.54, 1.807) is 19.1 Å². The van der Waals surface area contributed by atoms with E-state index >= 15 is 0 Å². The molecule has 78 valence electrons. The first-order chi connectivity index (χ1) is 6.58. The van der Waals surface area contributed by atoms with Crippen LogP contribution in [-0.2, 0) is 5.92 Å². The van der Waals surface area contributed by atoms with E-state index in [1.807, 2.05) is 0 Å². The van der Waals surface area contributed by atoms with Crippen LogP contribution in [-0.4, -0.2) is 13.1 Å². The van der Waals surface area contributed by atoms with Crippen LogP contribution in [0.1, 0.15) is 12.5 Å². The van der Waals surface area contributed by atoms with Gasteiger partial charge in [-0.2, -0.15) is 8.78 Å². The zero-order valence-electron chi connectivity index (χ0n) is 7.86. The lowest BCUT2D eigenvalue weighted by Crippen LogP contribution is -2.30. The van der Waals surface area contributed by atoms with E-state index in [2.05, 4.69) is 5.32 Å². The maximum absolute atomic E-state index is 13.5. The molecule has 1 aromatic rings. The summed E-state index contributed by atoms with van der Waals surface area (Å²) < 4.78 is 26.9. The molecule has 0 radical (unpaired) electrons. The second kappa shape index (κ2) is 4.71. The van der Waals surface area contributed by atoms with Gasteiger partial charge in [-0.05, 0) is 12.6 Å². The van der Waals surface area contributed by atoms with Crippen LogP contribution in [0.3, 0.4) is 0 Å². The van der Waals surface area contributed by atoms with Crippen LogP contribution in [0.2, 0.25) is 5.02 Å². The Labute approximate surface area is 87.1 Å². The molecule has 0 spiro atoms. The van der Waals surface area contributed by atoms with Crippen molar-refractivity contribution in [3.05, 3.63) is 34.9 Å². The van der Waals surface area contributed by atoms with Gasteiger partial charge in [-0.15, -0.1) is 0 Å². The Kier molecular flexibility index (Phi) is 3.84. The quantitative estimate of drug-likeness (QED) is 0.821. The zero-order chi connectivity index (χ0) is 10.6. The molecule has 1 nitrogen and oxygen atoms in total. The fourth-order valence-electron chi connectivity index (χ4n) is 1.14. The van der Waals surface area contributed by atoms with Crippen molar-refractivity contribution in [3.8, 4) is 0 Å². The molecule has 0 aliphatic carbocycles. The highest BCUT2D eigenvalue weighted by Gasteiger charge is 2.32. The van der Waals surface area contributed by atoms with Crippen LogP contribution in [0.15, 0.2) is 24.3 Å². The Balaban J connectivity index is 2.86. The minimum atomic E-state index is -2.91. The lowest BCUT2D eigenvalue weighted by Gasteiger charge is -2.17. The second-order valence-electron chi connectivity index (χ2n) is 2.96. The van der Waals surface area contributed by atoms with Crippen LogP contribution in [0, 0.1) is 0 Å². The Morgan fingerprint density at radius 1 is 1.36 bits per heavy atom. The number of hydrogen-bond acceptors (Lipinski definition) is 1. The van der Waals surface area contributed by atoms with Gasteiger partial charge in [0, 0.05) is 10.6 Å². The predicted octanol–water partition coefficient (Wildman–Crippen LogP) is 3.04. The van der Waals surface area contributed by atoms with Crippen molar-refractivity contribution in [2.45, 2.75) is 12.8 Å². The average molecular weight is 220 g/mol. The summed E-state index contributed by atoms with van der Waals surface area (Å²) in [6.07, 6.45) is 0. The molecule has 0 bridgehead atoms. The van der Waals surface area contributed by atoms with E-state index in [9.17, 15) is 8.78 Å². The van der Waals surface area contributed by atoms with Crippen molar-refractivity contribution in [1.82, 2.24) is 5.32 Å². The number of nitrogens with one attached hydrogen (secondary N) is 1. The molecule has 0 aromatic heterocycles. The van der Waals surface area contributed by atoms with Gasteiger partial charge in [0.2, 0.25) is 0 Å². The highest BCUT2D eigenvalue weighted by Crippen LogP contribution is 2.32. The number of hydrogen-bond donors (Lipinski definition) is 1. The van der Waals surface area contributed by atoms with E-state index in [0.717, 1.165) is 0 Å². The lowest BCUT2D eigenvalue weighted by molar-refractivity contribution is -0.00248. The summed E-state index contributed by atoms with van der Waals surface area (Å²) in [4.78, 5) is 0. The van der Waals surface area contributed by atoms with Crippen LogP contribution in [0.5, 0.6) is 0 Å². The van der Waals surface area contributed by atoms with Crippen LogP contribution < -0.4 is 5.32 Å². The van der Waals surface area contributed by atoms with E-state index in [4.69, 9.17) is 11.6 Å². The molecule has 0 atom stereocenters. The predicted molar refractivity (Wildman–Crippen MR) is 53.9 cm³/mol. The van der Waals surface area contributed by atoms with Gasteiger partial charge in [-0.3, -0.25) is 0 Å². The first kappa shape index (κ1) is 11.4. The van der Waals surface area contributed by atoms with Crippen LogP contribution in [0.4, 0.5) is 8.78 Å². The molecular weight excluding hydrogens is 208 g/mol. The topological polar surface area (TPSA) is 12.0 Å². The SMILES string of the molecule is CCNCC(F)(F)c1ccccc1Cl. The fraction of sp³-hybridized carbons (Fsp3) is 0.400. The van der Waals surface area contributed by atoms with E-state index in [1.165, 1.54) is 12.1 Å². The molecule has 1 N–H and O–H groups in total. The van der Waals surface area contributed by atoms with E-state index in [-0.39, 0.29) is 17.1 Å². The molecular formula is C10H12ClF2N. The molecule has 0 aliphatic heterocycles. The van der Waals surface area contributed by atoms with Gasteiger partial charge < -0.3 is 5.32 Å². The summed E-state index contributed by atoms with van der Waals surface area (Å²) in [5.41, 5.74) is -0.123. The smallest absolute Gasteiger partial charge is 0.286 e. The molecule has 0 saturated heterocycles. The highest BCUT2D eigenvalue weighted by atomic mass is 35.5. The maximum Gasteiger partial charge on any atom is 0.286 e. The van der Waals surface area contributed by atoms with Crippen molar-refractivity contribution >= 4 is 11.6 Å². The Morgan fingerprint density at radius 2 is 2.00 bits per heavy atom. The van der Waals surface area contributed by atoms with Gasteiger partial charge in [0.1, 0.15) is 0 Å². The van der Waals surface area contributed by atoms with Gasteiger partial charge in [-0.25, -0.2) is 0 Å². The third kappa shape index (κ3) is 2.66. The van der Waals surface area contributed by atoms with Crippen molar-refractivity contribution in [2.24, 2.45) is 0 Å². The second-order valence-corrected chi connectivity index (χ2v) is 3.37. The van der Waals surface area contributed by atoms with Crippen LogP contribution >= 0.6 is 11.6 Å². The highest BCUT2D eigenvalue weighted by molar-refractivity contribution is 6.31. The third-order valence-electron chi connectivity index (χ3n) is 1.86. The first-order valence-electron chi connectivity index (χ1n) is 4.41. The van der Waals surface area contributed by atoms with Crippen molar-refractivity contribution in [2.75, 3.05) is 13.1 Å². The summed E-state index contributed by atoms with van der Waals surface area (Å²) in [7, 11) is 0. The molecule has 0 amide bonds. The normalized spacial score (nSPS) is 11.7. The molecule has 0 aliphatic rings. The van der Waals surface area contributed by atoms with Gasteiger partial charge in [0.25, 0.3) is 5.92 Å². The minimum absolute atomic E-state index is 0.107. The summed E-state index contributed by atoms with van der Waals surface area (Å²) in [6.45, 7) is 1.91. The van der Waals surface area contributed by atoms with Gasteiger partial charge in [0.05, 0.1) is 6.54 Å². The summed E-state index contributed by atoms with van der Waals surface area (Å²) >= 11 is 5.68. The molecule has 1 aromatic carbocycles. The summed E-state index contributed by atoms with van der Waals surface area (Å²) in [5.74, 6) is -2.91. The van der Waals surface area contributed by atoms with Crippen molar-refractivity contribution in [1.29, 1.82) is 0 Å². The zero-order valence-corrected chi connectivity index (χ0v) is 8.61. The minimum Gasteiger partial charge on any atom is -0.311 e. The average Bonchev–Trinajstić information content (AvgIpc) is 2.15. The van der Waals surface area contributed by atoms with Crippen molar-refractivity contribution < 1.29 is 8.78 Å². The third-order valence-corrected chi connectivity index (χ3v) is 2.19. The summed E-state index contributed by atoms with van der Waals surface area (Å²) in [6, 6.07) is 6.01. The Hall–Kier alpha value is -0.670. The number of halogens is 3. The first-order valence-corrected chi connectivity index (χ1v) is 4.79. The number of alkyl halides is 2. The fourth-order valence-corrected chi connectivity index (χ4v) is 1.41. The summed E-state index contributed by atoms with van der Waals surface area (Å²) in [5, 5.41) is 2.71. The molecule has 0 unspecified atom stereocenters. The molecule has 0 saturated carbocycles. The van der Waals surface area contributed by atoms with Gasteiger partial charge >= 0.3 is 0 Å². The standard InChI is InChI=1S/C10H12ClF2N/c1-2-14-7-10(12,13)8-5-3-4-6-9(8)11/h3-6,14H,2,7H2,1H3. The molecule has 0 heterocycles. The largest absolute Gasteiger partial charge is 0.311 e.